The standard InChI is InChI=1S/C16H19ClN2O/c17-11-6-8-13-15(9-11)20-16(19-13)14-7-5-10-3-1-2-4-12(10)18-14/h6,8-10,12,14,18H,1-5,7H2. The Morgan fingerprint density at radius 2 is 2.05 bits per heavy atom. The number of nitrogens with zero attached hydrogens (tertiary/aromatic N) is 1. The summed E-state index contributed by atoms with van der Waals surface area (Å²) in [4.78, 5) is 4.63. The predicted octanol–water partition coefficient (Wildman–Crippen LogP) is 4.46. The minimum atomic E-state index is 0.264. The molecule has 2 heterocycles. The first-order chi connectivity index (χ1) is 9.79. The van der Waals surface area contributed by atoms with Crippen LogP contribution >= 0.6 is 11.6 Å². The van der Waals surface area contributed by atoms with Crippen molar-refractivity contribution in [2.45, 2.75) is 50.6 Å². The highest BCUT2D eigenvalue weighted by molar-refractivity contribution is 6.31. The van der Waals surface area contributed by atoms with Gasteiger partial charge in [0.25, 0.3) is 0 Å². The maximum Gasteiger partial charge on any atom is 0.212 e. The molecular weight excluding hydrogens is 272 g/mol. The van der Waals surface area contributed by atoms with E-state index in [1.807, 2.05) is 18.2 Å². The molecule has 4 heteroatoms. The average Bonchev–Trinajstić information content (AvgIpc) is 2.89. The van der Waals surface area contributed by atoms with Crippen LogP contribution in [0.3, 0.4) is 0 Å². The summed E-state index contributed by atoms with van der Waals surface area (Å²) >= 11 is 6.00. The first-order valence-electron chi connectivity index (χ1n) is 7.61. The largest absolute Gasteiger partial charge is 0.439 e. The van der Waals surface area contributed by atoms with Crippen molar-refractivity contribution in [1.29, 1.82) is 0 Å². The van der Waals surface area contributed by atoms with Crippen LogP contribution in [0.2, 0.25) is 5.02 Å². The smallest absolute Gasteiger partial charge is 0.212 e. The molecule has 0 spiro atoms. The summed E-state index contributed by atoms with van der Waals surface area (Å²) in [5, 5.41) is 4.46. The highest BCUT2D eigenvalue weighted by Crippen LogP contribution is 2.37. The van der Waals surface area contributed by atoms with Crippen LogP contribution in [0, 0.1) is 5.92 Å². The number of fused-ring (bicyclic) bond motifs is 2. The summed E-state index contributed by atoms with van der Waals surface area (Å²) in [5.74, 6) is 1.69. The summed E-state index contributed by atoms with van der Waals surface area (Å²) in [6.45, 7) is 0. The summed E-state index contributed by atoms with van der Waals surface area (Å²) in [6, 6.07) is 6.56. The molecule has 0 radical (unpaired) electrons. The molecule has 1 aromatic carbocycles. The van der Waals surface area contributed by atoms with Gasteiger partial charge in [0.1, 0.15) is 5.52 Å². The molecule has 4 rings (SSSR count). The fourth-order valence-electron chi connectivity index (χ4n) is 3.76. The van der Waals surface area contributed by atoms with E-state index in [1.54, 1.807) is 0 Å². The molecule has 2 aliphatic rings. The molecule has 106 valence electrons. The molecule has 1 N–H and O–H groups in total. The second kappa shape index (κ2) is 5.05. The van der Waals surface area contributed by atoms with Crippen molar-refractivity contribution in [3.05, 3.63) is 29.1 Å². The van der Waals surface area contributed by atoms with Crippen LogP contribution < -0.4 is 5.32 Å². The maximum absolute atomic E-state index is 6.00. The van der Waals surface area contributed by atoms with E-state index in [4.69, 9.17) is 16.0 Å². The second-order valence-corrected chi connectivity index (χ2v) is 6.55. The first-order valence-corrected chi connectivity index (χ1v) is 7.99. The molecule has 1 saturated heterocycles. The summed E-state index contributed by atoms with van der Waals surface area (Å²) < 4.78 is 5.91. The molecule has 1 saturated carbocycles. The van der Waals surface area contributed by atoms with Gasteiger partial charge in [-0.2, -0.15) is 0 Å². The van der Waals surface area contributed by atoms with Crippen molar-refractivity contribution in [2.75, 3.05) is 0 Å². The van der Waals surface area contributed by atoms with Gasteiger partial charge >= 0.3 is 0 Å². The molecule has 1 aromatic heterocycles. The maximum atomic E-state index is 6.00. The topological polar surface area (TPSA) is 38.1 Å². The summed E-state index contributed by atoms with van der Waals surface area (Å²) in [7, 11) is 0. The van der Waals surface area contributed by atoms with Crippen LogP contribution in [-0.4, -0.2) is 11.0 Å². The summed E-state index contributed by atoms with van der Waals surface area (Å²) in [6.07, 6.45) is 7.85. The van der Waals surface area contributed by atoms with Gasteiger partial charge in [-0.05, 0) is 43.7 Å². The van der Waals surface area contributed by atoms with Crippen LogP contribution in [0.25, 0.3) is 11.1 Å². The molecule has 20 heavy (non-hydrogen) atoms. The normalized spacial score (nSPS) is 30.4. The lowest BCUT2D eigenvalue weighted by Crippen LogP contribution is -2.44. The number of hydrogen-bond acceptors (Lipinski definition) is 3. The second-order valence-electron chi connectivity index (χ2n) is 6.11. The number of aromatic nitrogens is 1. The van der Waals surface area contributed by atoms with Gasteiger partial charge in [-0.3, -0.25) is 0 Å². The lowest BCUT2D eigenvalue weighted by atomic mass is 9.78. The number of halogens is 1. The molecule has 0 amide bonds. The van der Waals surface area contributed by atoms with Crippen LogP contribution in [0.5, 0.6) is 0 Å². The Balaban J connectivity index is 1.59. The minimum Gasteiger partial charge on any atom is -0.439 e. The Bertz CT molecular complexity index is 624. The van der Waals surface area contributed by atoms with Crippen molar-refractivity contribution in [1.82, 2.24) is 10.3 Å². The highest BCUT2D eigenvalue weighted by atomic mass is 35.5. The van der Waals surface area contributed by atoms with Crippen molar-refractivity contribution >= 4 is 22.7 Å². The average molecular weight is 291 g/mol. The molecule has 2 fully saturated rings. The Kier molecular flexibility index (Phi) is 3.20. The molecule has 0 bridgehead atoms. The molecule has 1 aliphatic heterocycles. The van der Waals surface area contributed by atoms with E-state index >= 15 is 0 Å². The van der Waals surface area contributed by atoms with E-state index in [9.17, 15) is 0 Å². The van der Waals surface area contributed by atoms with E-state index in [-0.39, 0.29) is 6.04 Å². The van der Waals surface area contributed by atoms with Gasteiger partial charge in [0, 0.05) is 17.1 Å². The number of piperidine rings is 1. The lowest BCUT2D eigenvalue weighted by Gasteiger charge is -2.39. The van der Waals surface area contributed by atoms with Gasteiger partial charge in [-0.15, -0.1) is 0 Å². The Hall–Kier alpha value is -1.06. The van der Waals surface area contributed by atoms with E-state index in [1.165, 1.54) is 32.1 Å². The summed E-state index contributed by atoms with van der Waals surface area (Å²) in [5.41, 5.74) is 1.69. The van der Waals surface area contributed by atoms with Gasteiger partial charge in [0.15, 0.2) is 5.58 Å². The van der Waals surface area contributed by atoms with Crippen LogP contribution in [0.1, 0.15) is 50.5 Å². The van der Waals surface area contributed by atoms with Crippen molar-refractivity contribution in [3.8, 4) is 0 Å². The zero-order chi connectivity index (χ0) is 13.5. The minimum absolute atomic E-state index is 0.264. The number of rotatable bonds is 1. The van der Waals surface area contributed by atoms with Crippen LogP contribution in [0.15, 0.2) is 22.6 Å². The zero-order valence-electron chi connectivity index (χ0n) is 11.4. The highest BCUT2D eigenvalue weighted by Gasteiger charge is 2.34. The molecule has 1 aliphatic carbocycles. The third kappa shape index (κ3) is 2.23. The van der Waals surface area contributed by atoms with Crippen LogP contribution in [-0.2, 0) is 0 Å². The van der Waals surface area contributed by atoms with Crippen LogP contribution in [0.4, 0.5) is 0 Å². The van der Waals surface area contributed by atoms with E-state index in [0.29, 0.717) is 11.1 Å². The van der Waals surface area contributed by atoms with Gasteiger partial charge in [-0.1, -0.05) is 24.4 Å². The number of hydrogen-bond donors (Lipinski definition) is 1. The Morgan fingerprint density at radius 3 is 3.00 bits per heavy atom. The van der Waals surface area contributed by atoms with Crippen molar-refractivity contribution in [2.24, 2.45) is 5.92 Å². The first kappa shape index (κ1) is 12.7. The predicted molar refractivity (Wildman–Crippen MR) is 79.9 cm³/mol. The molecule has 3 atom stereocenters. The SMILES string of the molecule is Clc1ccc2nc(C3CCC4CCCCC4N3)oc2c1. The third-order valence-electron chi connectivity index (χ3n) is 4.82. The molecular formula is C16H19ClN2O. The van der Waals surface area contributed by atoms with Gasteiger partial charge in [0.05, 0.1) is 6.04 Å². The van der Waals surface area contributed by atoms with Gasteiger partial charge < -0.3 is 9.73 Å². The van der Waals surface area contributed by atoms with E-state index in [2.05, 4.69) is 10.3 Å². The monoisotopic (exact) mass is 290 g/mol. The number of benzene rings is 1. The fourth-order valence-corrected chi connectivity index (χ4v) is 3.92. The van der Waals surface area contributed by atoms with Crippen molar-refractivity contribution < 1.29 is 4.42 Å². The van der Waals surface area contributed by atoms with Crippen molar-refractivity contribution in [3.63, 3.8) is 0 Å². The van der Waals surface area contributed by atoms with E-state index in [0.717, 1.165) is 29.3 Å². The molecule has 2 aromatic rings. The number of oxazole rings is 1. The van der Waals surface area contributed by atoms with Gasteiger partial charge in [-0.25, -0.2) is 4.98 Å². The van der Waals surface area contributed by atoms with Gasteiger partial charge in [0.2, 0.25) is 5.89 Å². The molecule has 3 unspecified atom stereocenters. The number of nitrogens with one attached hydrogen (secondary N) is 1. The molecule has 3 nitrogen and oxygen atoms in total. The third-order valence-corrected chi connectivity index (χ3v) is 5.05. The Labute approximate surface area is 123 Å². The Morgan fingerprint density at radius 1 is 1.15 bits per heavy atom. The fraction of sp³-hybridized carbons (Fsp3) is 0.562. The zero-order valence-corrected chi connectivity index (χ0v) is 12.2. The van der Waals surface area contributed by atoms with E-state index < -0.39 is 0 Å². The lowest BCUT2D eigenvalue weighted by molar-refractivity contribution is 0.164. The quantitative estimate of drug-likeness (QED) is 0.842.